The zero-order valence-corrected chi connectivity index (χ0v) is 10.9. The molecule has 3 heteroatoms. The van der Waals surface area contributed by atoms with E-state index in [1.54, 1.807) is 11.8 Å². The molecule has 78 valence electrons. The molecule has 1 aromatic rings. The molecule has 0 bridgehead atoms. The Morgan fingerprint density at radius 2 is 2.21 bits per heavy atom. The van der Waals surface area contributed by atoms with Gasteiger partial charge in [0.15, 0.2) is 0 Å². The Morgan fingerprint density at radius 1 is 1.50 bits per heavy atom. The Labute approximate surface area is 98.0 Å². The van der Waals surface area contributed by atoms with E-state index in [0.29, 0.717) is 0 Å². The molecule has 0 spiro atoms. The van der Waals surface area contributed by atoms with E-state index in [1.165, 1.54) is 10.5 Å². The minimum atomic E-state index is -0.201. The molecule has 0 saturated carbocycles. The Balaban J connectivity index is 2.59. The lowest BCUT2D eigenvalue weighted by Crippen LogP contribution is -2.07. The van der Waals surface area contributed by atoms with Crippen LogP contribution in [0.25, 0.3) is 0 Å². The number of aliphatic hydroxyl groups excluding tert-OH is 1. The molecule has 0 heterocycles. The summed E-state index contributed by atoms with van der Waals surface area (Å²) in [5, 5.41) is 9.43. The lowest BCUT2D eigenvalue weighted by atomic mass is 10.2. The maximum absolute atomic E-state index is 9.43. The van der Waals surface area contributed by atoms with Crippen molar-refractivity contribution in [1.82, 2.24) is 0 Å². The van der Waals surface area contributed by atoms with E-state index in [-0.39, 0.29) is 6.10 Å². The molecule has 14 heavy (non-hydrogen) atoms. The van der Waals surface area contributed by atoms with Gasteiger partial charge in [-0.15, -0.1) is 11.8 Å². The zero-order valence-electron chi connectivity index (χ0n) is 8.46. The van der Waals surface area contributed by atoms with E-state index in [1.807, 2.05) is 6.92 Å². The van der Waals surface area contributed by atoms with Gasteiger partial charge in [0.05, 0.1) is 6.10 Å². The topological polar surface area (TPSA) is 20.2 Å². The molecule has 0 radical (unpaired) electrons. The molecule has 0 aliphatic heterocycles. The minimum absolute atomic E-state index is 0.201. The second-order valence-corrected chi connectivity index (χ2v) is 5.22. The van der Waals surface area contributed by atoms with Gasteiger partial charge in [0, 0.05) is 15.1 Å². The molecule has 1 N–H and O–H groups in total. The van der Waals surface area contributed by atoms with Gasteiger partial charge in [0.25, 0.3) is 0 Å². The Kier molecular flexibility index (Phi) is 4.99. The van der Waals surface area contributed by atoms with Crippen molar-refractivity contribution < 1.29 is 5.11 Å². The summed E-state index contributed by atoms with van der Waals surface area (Å²) >= 11 is 5.21. The molecular formula is C11H15BrOS. The van der Waals surface area contributed by atoms with Crippen LogP contribution < -0.4 is 0 Å². The van der Waals surface area contributed by atoms with Crippen LogP contribution in [-0.2, 0) is 0 Å². The lowest BCUT2D eigenvalue weighted by Gasteiger charge is -2.08. The van der Waals surface area contributed by atoms with Gasteiger partial charge in [0.1, 0.15) is 0 Å². The fourth-order valence-electron chi connectivity index (χ4n) is 1.03. The molecule has 0 aliphatic rings. The number of hydrogen-bond acceptors (Lipinski definition) is 2. The van der Waals surface area contributed by atoms with Gasteiger partial charge < -0.3 is 5.11 Å². The van der Waals surface area contributed by atoms with Gasteiger partial charge >= 0.3 is 0 Å². The average Bonchev–Trinajstić information content (AvgIpc) is 2.16. The number of aliphatic hydroxyl groups is 1. The lowest BCUT2D eigenvalue weighted by molar-refractivity contribution is 0.195. The number of hydrogen-bond donors (Lipinski definition) is 1. The van der Waals surface area contributed by atoms with Gasteiger partial charge in [-0.25, -0.2) is 0 Å². The highest BCUT2D eigenvalue weighted by Crippen LogP contribution is 2.28. The molecule has 1 rings (SSSR count). The van der Waals surface area contributed by atoms with Crippen molar-refractivity contribution >= 4 is 27.7 Å². The number of aryl methyl sites for hydroxylation is 1. The van der Waals surface area contributed by atoms with Crippen LogP contribution in [0.3, 0.4) is 0 Å². The first-order chi connectivity index (χ1) is 6.63. The molecule has 0 amide bonds. The summed E-state index contributed by atoms with van der Waals surface area (Å²) in [4.78, 5) is 1.20. The van der Waals surface area contributed by atoms with Crippen LogP contribution in [0.1, 0.15) is 18.9 Å². The fourth-order valence-corrected chi connectivity index (χ4v) is 2.83. The SMILES string of the molecule is CCC(O)CSc1ccc(C)cc1Br. The number of rotatable bonds is 4. The summed E-state index contributed by atoms with van der Waals surface area (Å²) in [6.07, 6.45) is 0.615. The van der Waals surface area contributed by atoms with Crippen LogP contribution in [0.2, 0.25) is 0 Å². The average molecular weight is 275 g/mol. The van der Waals surface area contributed by atoms with Crippen molar-refractivity contribution in [2.45, 2.75) is 31.3 Å². The van der Waals surface area contributed by atoms with Crippen molar-refractivity contribution in [2.75, 3.05) is 5.75 Å². The van der Waals surface area contributed by atoms with Crippen LogP contribution >= 0.6 is 27.7 Å². The van der Waals surface area contributed by atoms with Gasteiger partial charge in [-0.1, -0.05) is 13.0 Å². The highest BCUT2D eigenvalue weighted by molar-refractivity contribution is 9.10. The largest absolute Gasteiger partial charge is 0.392 e. The normalized spacial score (nSPS) is 12.9. The Morgan fingerprint density at radius 3 is 2.79 bits per heavy atom. The third kappa shape index (κ3) is 3.64. The first-order valence-corrected chi connectivity index (χ1v) is 6.48. The number of thioether (sulfide) groups is 1. The molecule has 0 saturated heterocycles. The highest BCUT2D eigenvalue weighted by Gasteiger charge is 2.04. The first kappa shape index (κ1) is 12.1. The quantitative estimate of drug-likeness (QED) is 0.847. The summed E-state index contributed by atoms with van der Waals surface area (Å²) in [7, 11) is 0. The van der Waals surface area contributed by atoms with Crippen molar-refractivity contribution in [3.63, 3.8) is 0 Å². The van der Waals surface area contributed by atoms with Crippen molar-refractivity contribution in [1.29, 1.82) is 0 Å². The van der Waals surface area contributed by atoms with Crippen LogP contribution in [0, 0.1) is 6.92 Å². The van der Waals surface area contributed by atoms with E-state index in [4.69, 9.17) is 0 Å². The molecular weight excluding hydrogens is 260 g/mol. The van der Waals surface area contributed by atoms with E-state index < -0.39 is 0 Å². The molecule has 1 aromatic carbocycles. The smallest absolute Gasteiger partial charge is 0.0631 e. The third-order valence-electron chi connectivity index (χ3n) is 1.99. The van der Waals surface area contributed by atoms with E-state index >= 15 is 0 Å². The predicted octanol–water partition coefficient (Wildman–Crippen LogP) is 3.62. The predicted molar refractivity (Wildman–Crippen MR) is 65.9 cm³/mol. The summed E-state index contributed by atoms with van der Waals surface area (Å²) in [6, 6.07) is 6.28. The minimum Gasteiger partial charge on any atom is -0.392 e. The van der Waals surface area contributed by atoms with E-state index in [2.05, 4.69) is 41.1 Å². The van der Waals surface area contributed by atoms with Crippen LogP contribution in [0.5, 0.6) is 0 Å². The maximum Gasteiger partial charge on any atom is 0.0631 e. The second kappa shape index (κ2) is 5.79. The summed E-state index contributed by atoms with van der Waals surface area (Å²) in [6.45, 7) is 4.06. The molecule has 0 fully saturated rings. The van der Waals surface area contributed by atoms with Gasteiger partial charge in [-0.05, 0) is 47.0 Å². The Hall–Kier alpha value is 0.01000. The van der Waals surface area contributed by atoms with E-state index in [0.717, 1.165) is 16.6 Å². The number of halogens is 1. The van der Waals surface area contributed by atoms with Crippen molar-refractivity contribution in [3.8, 4) is 0 Å². The summed E-state index contributed by atoms with van der Waals surface area (Å²) in [5.41, 5.74) is 1.25. The standard InChI is InChI=1S/C11H15BrOS/c1-3-9(13)7-14-11-5-4-8(2)6-10(11)12/h4-6,9,13H,3,7H2,1-2H3. The monoisotopic (exact) mass is 274 g/mol. The fraction of sp³-hybridized carbons (Fsp3) is 0.455. The highest BCUT2D eigenvalue weighted by atomic mass is 79.9. The van der Waals surface area contributed by atoms with Crippen LogP contribution in [0.15, 0.2) is 27.6 Å². The number of benzene rings is 1. The van der Waals surface area contributed by atoms with E-state index in [9.17, 15) is 5.11 Å². The van der Waals surface area contributed by atoms with Gasteiger partial charge in [-0.2, -0.15) is 0 Å². The molecule has 0 aliphatic carbocycles. The molecule has 1 nitrogen and oxygen atoms in total. The second-order valence-electron chi connectivity index (χ2n) is 3.31. The van der Waals surface area contributed by atoms with Crippen LogP contribution in [-0.4, -0.2) is 17.0 Å². The molecule has 0 aromatic heterocycles. The van der Waals surface area contributed by atoms with Crippen molar-refractivity contribution in [3.05, 3.63) is 28.2 Å². The Bertz CT molecular complexity index is 301. The van der Waals surface area contributed by atoms with Gasteiger partial charge in [0.2, 0.25) is 0 Å². The zero-order chi connectivity index (χ0) is 10.6. The first-order valence-electron chi connectivity index (χ1n) is 4.70. The molecule has 1 atom stereocenters. The third-order valence-corrected chi connectivity index (χ3v) is 4.13. The summed E-state index contributed by atoms with van der Waals surface area (Å²) in [5.74, 6) is 0.762. The maximum atomic E-state index is 9.43. The van der Waals surface area contributed by atoms with Crippen LogP contribution in [0.4, 0.5) is 0 Å². The summed E-state index contributed by atoms with van der Waals surface area (Å²) < 4.78 is 1.12. The molecule has 1 unspecified atom stereocenters. The van der Waals surface area contributed by atoms with Crippen molar-refractivity contribution in [2.24, 2.45) is 0 Å². The van der Waals surface area contributed by atoms with Gasteiger partial charge in [-0.3, -0.25) is 0 Å².